The van der Waals surface area contributed by atoms with E-state index in [4.69, 9.17) is 17.0 Å². The number of rotatable bonds is 2. The van der Waals surface area contributed by atoms with Gasteiger partial charge in [0.2, 0.25) is 0 Å². The van der Waals surface area contributed by atoms with E-state index in [2.05, 4.69) is 0 Å². The van der Waals surface area contributed by atoms with Crippen LogP contribution in [-0.4, -0.2) is 24.4 Å². The highest BCUT2D eigenvalue weighted by Gasteiger charge is 2.39. The zero-order valence-corrected chi connectivity index (χ0v) is 16.0. The number of carbonyl (C=O) groups is 1. The van der Waals surface area contributed by atoms with Gasteiger partial charge in [-0.3, -0.25) is 9.69 Å². The third-order valence-corrected chi connectivity index (χ3v) is 6.74. The third-order valence-electron chi connectivity index (χ3n) is 4.02. The summed E-state index contributed by atoms with van der Waals surface area (Å²) in [7, 11) is 3.61. The van der Waals surface area contributed by atoms with E-state index in [0.717, 1.165) is 27.0 Å². The highest BCUT2D eigenvalue weighted by atomic mass is 32.2. The molecule has 0 radical (unpaired) electrons. The maximum Gasteiger partial charge on any atom is 0.273 e. The second kappa shape index (κ2) is 6.40. The van der Waals surface area contributed by atoms with Gasteiger partial charge in [-0.1, -0.05) is 53.9 Å². The van der Waals surface area contributed by atoms with Gasteiger partial charge in [0.1, 0.15) is 10.7 Å². The number of thiocarbonyl (C=S) groups is 1. The van der Waals surface area contributed by atoms with Crippen LogP contribution >= 0.6 is 35.7 Å². The van der Waals surface area contributed by atoms with E-state index in [9.17, 15) is 4.79 Å². The second-order valence-electron chi connectivity index (χ2n) is 5.47. The number of methoxy groups -OCH3 is 1. The Bertz CT molecular complexity index is 912. The molecule has 0 bridgehead atoms. The van der Waals surface area contributed by atoms with Gasteiger partial charge < -0.3 is 9.64 Å². The second-order valence-corrected chi connectivity index (χ2v) is 8.15. The number of anilines is 2. The molecule has 0 N–H and O–H groups in total. The monoisotopic (exact) mass is 386 g/mol. The van der Waals surface area contributed by atoms with E-state index in [0.29, 0.717) is 9.23 Å². The van der Waals surface area contributed by atoms with Crippen molar-refractivity contribution in [1.82, 2.24) is 0 Å². The van der Waals surface area contributed by atoms with E-state index in [1.807, 2.05) is 60.5 Å². The van der Waals surface area contributed by atoms with Gasteiger partial charge >= 0.3 is 0 Å². The summed E-state index contributed by atoms with van der Waals surface area (Å²) in [6.45, 7) is 0. The summed E-state index contributed by atoms with van der Waals surface area (Å²) in [4.78, 5) is 18.4. The van der Waals surface area contributed by atoms with Crippen molar-refractivity contribution in [2.45, 2.75) is 4.90 Å². The molecule has 2 aromatic carbocycles. The molecule has 0 saturated carbocycles. The summed E-state index contributed by atoms with van der Waals surface area (Å²) in [5, 5.41) is 0.902. The molecule has 2 aliphatic rings. The van der Waals surface area contributed by atoms with Crippen LogP contribution < -0.4 is 14.5 Å². The number of carbonyl (C=O) groups excluding carboxylic acids is 1. The predicted molar refractivity (Wildman–Crippen MR) is 108 cm³/mol. The first-order chi connectivity index (χ1) is 12.1. The van der Waals surface area contributed by atoms with E-state index >= 15 is 0 Å². The lowest BCUT2D eigenvalue weighted by Crippen LogP contribution is -2.28. The Morgan fingerprint density at radius 1 is 1.08 bits per heavy atom. The number of hydrogen-bond donors (Lipinski definition) is 0. The molecule has 0 aromatic heterocycles. The van der Waals surface area contributed by atoms with Crippen LogP contribution in [0.25, 0.3) is 0 Å². The van der Waals surface area contributed by atoms with Crippen molar-refractivity contribution in [3.05, 3.63) is 58.5 Å². The first kappa shape index (κ1) is 16.5. The van der Waals surface area contributed by atoms with Crippen molar-refractivity contribution >= 4 is 57.3 Å². The molecule has 7 heteroatoms. The number of hydrogen-bond acceptors (Lipinski definition) is 6. The number of ether oxygens (including phenoxy) is 1. The quantitative estimate of drug-likeness (QED) is 0.559. The van der Waals surface area contributed by atoms with Crippen LogP contribution in [0.5, 0.6) is 5.75 Å². The van der Waals surface area contributed by atoms with Crippen LogP contribution in [0.4, 0.5) is 11.4 Å². The maximum absolute atomic E-state index is 13.0. The zero-order valence-electron chi connectivity index (χ0n) is 13.6. The SMILES string of the molecule is COc1ccc2c(c1)N(C)/C(=C1\SC(=S)N(c3ccccc3)C1=O)S2. The fourth-order valence-electron chi connectivity index (χ4n) is 2.75. The van der Waals surface area contributed by atoms with Crippen LogP contribution in [-0.2, 0) is 4.79 Å². The number of para-hydroxylation sites is 1. The number of amides is 1. The van der Waals surface area contributed by atoms with Crippen LogP contribution in [0, 0.1) is 0 Å². The van der Waals surface area contributed by atoms with Gasteiger partial charge in [0, 0.05) is 18.0 Å². The van der Waals surface area contributed by atoms with Gasteiger partial charge in [-0.05, 0) is 24.3 Å². The smallest absolute Gasteiger partial charge is 0.273 e. The lowest BCUT2D eigenvalue weighted by Gasteiger charge is -2.16. The average Bonchev–Trinajstić information content (AvgIpc) is 3.11. The zero-order chi connectivity index (χ0) is 17.6. The molecule has 2 heterocycles. The minimum absolute atomic E-state index is 0.0738. The highest BCUT2D eigenvalue weighted by molar-refractivity contribution is 8.27. The summed E-state index contributed by atoms with van der Waals surface area (Å²) in [6, 6.07) is 15.4. The Labute approximate surface area is 159 Å². The maximum atomic E-state index is 13.0. The van der Waals surface area contributed by atoms with Gasteiger partial charge in [-0.15, -0.1) is 0 Å². The molecule has 0 spiro atoms. The molecule has 2 aromatic rings. The van der Waals surface area contributed by atoms with Crippen molar-refractivity contribution in [3.8, 4) is 5.75 Å². The summed E-state index contributed by atoms with van der Waals surface area (Å²) in [5.41, 5.74) is 1.83. The highest BCUT2D eigenvalue weighted by Crippen LogP contribution is 2.51. The molecule has 4 rings (SSSR count). The van der Waals surface area contributed by atoms with Gasteiger partial charge in [0.05, 0.1) is 23.5 Å². The van der Waals surface area contributed by atoms with Crippen LogP contribution in [0.15, 0.2) is 63.4 Å². The van der Waals surface area contributed by atoms with Gasteiger partial charge in [-0.25, -0.2) is 0 Å². The van der Waals surface area contributed by atoms with Crippen LogP contribution in [0.1, 0.15) is 0 Å². The Kier molecular flexibility index (Phi) is 4.23. The first-order valence-electron chi connectivity index (χ1n) is 7.55. The fraction of sp³-hybridized carbons (Fsp3) is 0.111. The molecular weight excluding hydrogens is 372 g/mol. The van der Waals surface area contributed by atoms with E-state index < -0.39 is 0 Å². The van der Waals surface area contributed by atoms with Crippen molar-refractivity contribution < 1.29 is 9.53 Å². The summed E-state index contributed by atoms with van der Waals surface area (Å²) < 4.78 is 5.87. The lowest BCUT2D eigenvalue weighted by molar-refractivity contribution is -0.113. The molecule has 4 nitrogen and oxygen atoms in total. The molecule has 126 valence electrons. The standard InChI is InChI=1S/C18H14N2O2S3/c1-19-13-10-12(22-2)8-9-14(13)24-17(19)15-16(21)20(18(23)25-15)11-6-4-3-5-7-11/h3-10H,1-2H3/b17-15+. The van der Waals surface area contributed by atoms with Gasteiger partial charge in [0.25, 0.3) is 5.91 Å². The number of benzene rings is 2. The number of thioether (sulfide) groups is 2. The largest absolute Gasteiger partial charge is 0.497 e. The Morgan fingerprint density at radius 3 is 2.56 bits per heavy atom. The van der Waals surface area contributed by atoms with Crippen LogP contribution in [0.2, 0.25) is 0 Å². The first-order valence-corrected chi connectivity index (χ1v) is 9.59. The molecule has 1 fully saturated rings. The molecule has 1 saturated heterocycles. The lowest BCUT2D eigenvalue weighted by atomic mass is 10.3. The minimum Gasteiger partial charge on any atom is -0.497 e. The Hall–Kier alpha value is -1.96. The number of fused-ring (bicyclic) bond motifs is 1. The molecular formula is C18H14N2O2S3. The number of nitrogens with zero attached hydrogens (tertiary/aromatic N) is 2. The molecule has 0 atom stereocenters. The molecule has 0 unspecified atom stereocenters. The fourth-order valence-corrected chi connectivity index (χ4v) is 5.35. The normalized spacial score (nSPS) is 19.6. The van der Waals surface area contributed by atoms with Gasteiger partial charge in [0.15, 0.2) is 4.32 Å². The Balaban J connectivity index is 1.73. The van der Waals surface area contributed by atoms with E-state index in [1.54, 1.807) is 23.8 Å². The minimum atomic E-state index is -0.0738. The summed E-state index contributed by atoms with van der Waals surface area (Å²) in [5.74, 6) is 0.722. The van der Waals surface area contributed by atoms with E-state index in [-0.39, 0.29) is 5.91 Å². The Morgan fingerprint density at radius 2 is 1.84 bits per heavy atom. The van der Waals surface area contributed by atoms with E-state index in [1.165, 1.54) is 11.8 Å². The van der Waals surface area contributed by atoms with Crippen molar-refractivity contribution in [2.24, 2.45) is 0 Å². The summed E-state index contributed by atoms with van der Waals surface area (Å²) >= 11 is 8.40. The van der Waals surface area contributed by atoms with Crippen molar-refractivity contribution in [2.75, 3.05) is 24.0 Å². The predicted octanol–water partition coefficient (Wildman–Crippen LogP) is 4.47. The van der Waals surface area contributed by atoms with Crippen molar-refractivity contribution in [3.63, 3.8) is 0 Å². The van der Waals surface area contributed by atoms with Crippen LogP contribution in [0.3, 0.4) is 0 Å². The van der Waals surface area contributed by atoms with Crippen molar-refractivity contribution in [1.29, 1.82) is 0 Å². The topological polar surface area (TPSA) is 32.8 Å². The van der Waals surface area contributed by atoms with Gasteiger partial charge in [-0.2, -0.15) is 0 Å². The molecule has 25 heavy (non-hydrogen) atoms. The average molecular weight is 387 g/mol. The molecule has 1 amide bonds. The third kappa shape index (κ3) is 2.72. The molecule has 0 aliphatic carbocycles. The molecule has 2 aliphatic heterocycles. The summed E-state index contributed by atoms with van der Waals surface area (Å²) in [6.07, 6.45) is 0.